The van der Waals surface area contributed by atoms with Gasteiger partial charge in [0.15, 0.2) is 5.65 Å². The maximum absolute atomic E-state index is 13.6. The lowest BCUT2D eigenvalue weighted by Gasteiger charge is -2.12. The summed E-state index contributed by atoms with van der Waals surface area (Å²) in [6.07, 6.45) is -4.71. The minimum Gasteiger partial charge on any atom is -0.322 e. The number of carbonyl (C=O) groups excluding carboxylic acids is 1. The molecule has 0 spiro atoms. The summed E-state index contributed by atoms with van der Waals surface area (Å²) in [4.78, 5) is 17.1. The first-order valence-electron chi connectivity index (χ1n) is 9.03. The predicted octanol–water partition coefficient (Wildman–Crippen LogP) is 5.05. The number of thioether (sulfide) groups is 1. The van der Waals surface area contributed by atoms with Gasteiger partial charge in [-0.25, -0.2) is 4.98 Å². The van der Waals surface area contributed by atoms with Crippen LogP contribution in [-0.4, -0.2) is 30.7 Å². The van der Waals surface area contributed by atoms with E-state index < -0.39 is 17.9 Å². The largest absolute Gasteiger partial charge is 0.452 e. The molecule has 1 N–H and O–H groups in total. The number of nitrogens with zero attached hydrogens (tertiary/aromatic N) is 4. The summed E-state index contributed by atoms with van der Waals surface area (Å²) in [7, 11) is 0. The lowest BCUT2D eigenvalue weighted by Crippen LogP contribution is -2.14. The van der Waals surface area contributed by atoms with E-state index in [0.717, 1.165) is 4.40 Å². The van der Waals surface area contributed by atoms with E-state index in [2.05, 4.69) is 20.5 Å². The van der Waals surface area contributed by atoms with Gasteiger partial charge in [-0.2, -0.15) is 13.2 Å². The molecule has 0 aliphatic heterocycles. The highest BCUT2D eigenvalue weighted by Gasteiger charge is 2.38. The van der Waals surface area contributed by atoms with Crippen molar-refractivity contribution in [3.8, 4) is 0 Å². The number of hydrogen-bond donors (Lipinski definition) is 1. The maximum atomic E-state index is 13.6. The van der Waals surface area contributed by atoms with Crippen LogP contribution in [0.5, 0.6) is 0 Å². The number of nitrogens with one attached hydrogen (secondary N) is 1. The first-order valence-corrected chi connectivity index (χ1v) is 9.91. The van der Waals surface area contributed by atoms with Crippen LogP contribution in [-0.2, 0) is 6.18 Å². The van der Waals surface area contributed by atoms with Gasteiger partial charge in [-0.1, -0.05) is 43.8 Å². The lowest BCUT2D eigenvalue weighted by molar-refractivity contribution is -0.145. The first-order chi connectivity index (χ1) is 14.2. The third-order valence-electron chi connectivity index (χ3n) is 4.19. The number of halogens is 3. The summed E-state index contributed by atoms with van der Waals surface area (Å²) in [6.45, 7) is 3.82. The average molecular weight is 431 g/mol. The summed E-state index contributed by atoms with van der Waals surface area (Å²) >= 11 is 1.30. The Morgan fingerprint density at radius 1 is 1.10 bits per heavy atom. The van der Waals surface area contributed by atoms with E-state index in [0.29, 0.717) is 16.2 Å². The fourth-order valence-corrected chi connectivity index (χ4v) is 3.79. The molecule has 4 aromatic rings. The van der Waals surface area contributed by atoms with E-state index >= 15 is 0 Å². The second kappa shape index (κ2) is 7.60. The number of carbonyl (C=O) groups is 1. The van der Waals surface area contributed by atoms with Crippen molar-refractivity contribution in [2.75, 3.05) is 5.32 Å². The highest BCUT2D eigenvalue weighted by atomic mass is 32.2. The molecule has 4 rings (SSSR count). The third kappa shape index (κ3) is 3.82. The Kier molecular flexibility index (Phi) is 5.10. The topological polar surface area (TPSA) is 72.2 Å². The zero-order chi connectivity index (χ0) is 21.5. The number of aromatic nitrogens is 4. The molecule has 2 heterocycles. The van der Waals surface area contributed by atoms with Crippen molar-refractivity contribution in [3.63, 3.8) is 0 Å². The van der Waals surface area contributed by atoms with Gasteiger partial charge in [0.2, 0.25) is 5.82 Å². The third-order valence-corrected chi connectivity index (χ3v) is 5.16. The van der Waals surface area contributed by atoms with Gasteiger partial charge >= 0.3 is 6.18 Å². The van der Waals surface area contributed by atoms with E-state index in [4.69, 9.17) is 0 Å². The van der Waals surface area contributed by atoms with Crippen LogP contribution >= 0.6 is 11.8 Å². The van der Waals surface area contributed by atoms with E-state index in [1.165, 1.54) is 30.0 Å². The van der Waals surface area contributed by atoms with Crippen molar-refractivity contribution in [1.82, 2.24) is 19.6 Å². The van der Waals surface area contributed by atoms with E-state index in [1.54, 1.807) is 24.3 Å². The van der Waals surface area contributed by atoms with Crippen molar-refractivity contribution < 1.29 is 18.0 Å². The van der Waals surface area contributed by atoms with Crippen LogP contribution in [0.3, 0.4) is 0 Å². The number of para-hydroxylation sites is 1. The van der Waals surface area contributed by atoms with E-state index in [1.807, 2.05) is 19.9 Å². The van der Waals surface area contributed by atoms with E-state index in [-0.39, 0.29) is 22.0 Å². The van der Waals surface area contributed by atoms with Gasteiger partial charge < -0.3 is 5.32 Å². The van der Waals surface area contributed by atoms with Crippen molar-refractivity contribution in [2.24, 2.45) is 0 Å². The number of rotatable bonds is 4. The standard InChI is InChI=1S/C20H16F3N5OS/c1-11(2)30-18-16-26-27-19(20(21,22)23)28(16)15-10-12(8-9-14(15)25-18)17(29)24-13-6-4-3-5-7-13/h3-11H,1-2H3,(H,24,29). The van der Waals surface area contributed by atoms with Gasteiger partial charge in [-0.3, -0.25) is 9.20 Å². The Bertz CT molecular complexity index is 1240. The fourth-order valence-electron chi connectivity index (χ4n) is 2.96. The molecule has 6 nitrogen and oxygen atoms in total. The first kappa shape index (κ1) is 20.1. The van der Waals surface area contributed by atoms with Gasteiger partial charge in [0, 0.05) is 16.5 Å². The number of hydrogen-bond acceptors (Lipinski definition) is 5. The Labute approximate surface area is 173 Å². The molecule has 0 unspecified atom stereocenters. The molecule has 2 aromatic carbocycles. The Balaban J connectivity index is 1.89. The number of benzene rings is 2. The van der Waals surface area contributed by atoms with Gasteiger partial charge in [0.25, 0.3) is 5.91 Å². The second-order valence-corrected chi connectivity index (χ2v) is 8.35. The molecule has 154 valence electrons. The second-order valence-electron chi connectivity index (χ2n) is 6.79. The number of anilines is 1. The molecule has 0 aliphatic carbocycles. The number of amides is 1. The summed E-state index contributed by atoms with van der Waals surface area (Å²) in [5.74, 6) is -1.60. The minimum absolute atomic E-state index is 0.00847. The Morgan fingerprint density at radius 3 is 2.50 bits per heavy atom. The van der Waals surface area contributed by atoms with Crippen LogP contribution in [0.25, 0.3) is 16.7 Å². The molecule has 0 saturated heterocycles. The average Bonchev–Trinajstić information content (AvgIpc) is 3.14. The molecule has 0 aliphatic rings. The molecule has 10 heteroatoms. The normalized spacial score (nSPS) is 12.1. The summed E-state index contributed by atoms with van der Waals surface area (Å²) in [5, 5.41) is 10.3. The molecular weight excluding hydrogens is 415 g/mol. The minimum atomic E-state index is -4.71. The quantitative estimate of drug-likeness (QED) is 0.458. The maximum Gasteiger partial charge on any atom is 0.452 e. The molecule has 30 heavy (non-hydrogen) atoms. The van der Waals surface area contributed by atoms with Crippen LogP contribution in [0.2, 0.25) is 0 Å². The predicted molar refractivity (Wildman–Crippen MR) is 109 cm³/mol. The SMILES string of the molecule is CC(C)Sc1nc2ccc(C(=O)Nc3ccccc3)cc2n2c(C(F)(F)F)nnc12. The van der Waals surface area contributed by atoms with Gasteiger partial charge in [0.1, 0.15) is 5.03 Å². The molecule has 2 aromatic heterocycles. The molecule has 0 atom stereocenters. The van der Waals surface area contributed by atoms with Crippen LogP contribution in [0.4, 0.5) is 18.9 Å². The molecule has 0 radical (unpaired) electrons. The zero-order valence-electron chi connectivity index (χ0n) is 15.9. The van der Waals surface area contributed by atoms with Crippen LogP contribution in [0.1, 0.15) is 30.0 Å². The summed E-state index contributed by atoms with van der Waals surface area (Å²) in [5.41, 5.74) is 1.20. The van der Waals surface area contributed by atoms with Gasteiger partial charge in [-0.05, 0) is 30.3 Å². The highest BCUT2D eigenvalue weighted by molar-refractivity contribution is 8.00. The number of fused-ring (bicyclic) bond motifs is 3. The van der Waals surface area contributed by atoms with Crippen LogP contribution in [0, 0.1) is 0 Å². The van der Waals surface area contributed by atoms with Crippen molar-refractivity contribution in [3.05, 3.63) is 59.9 Å². The van der Waals surface area contributed by atoms with E-state index in [9.17, 15) is 18.0 Å². The fraction of sp³-hybridized carbons (Fsp3) is 0.200. The lowest BCUT2D eigenvalue weighted by atomic mass is 10.1. The molecule has 0 fully saturated rings. The zero-order valence-corrected chi connectivity index (χ0v) is 16.8. The van der Waals surface area contributed by atoms with Crippen molar-refractivity contribution >= 4 is 40.0 Å². The molecule has 1 amide bonds. The molecule has 0 bridgehead atoms. The van der Waals surface area contributed by atoms with Crippen molar-refractivity contribution in [1.29, 1.82) is 0 Å². The van der Waals surface area contributed by atoms with Crippen molar-refractivity contribution in [2.45, 2.75) is 30.3 Å². The summed E-state index contributed by atoms with van der Waals surface area (Å²) < 4.78 is 41.7. The smallest absolute Gasteiger partial charge is 0.322 e. The number of alkyl halides is 3. The monoisotopic (exact) mass is 431 g/mol. The Hall–Kier alpha value is -3.14. The highest BCUT2D eigenvalue weighted by Crippen LogP contribution is 2.34. The van der Waals surface area contributed by atoms with Gasteiger partial charge in [-0.15, -0.1) is 10.2 Å². The van der Waals surface area contributed by atoms with Crippen LogP contribution in [0.15, 0.2) is 53.6 Å². The Morgan fingerprint density at radius 2 is 1.83 bits per heavy atom. The van der Waals surface area contributed by atoms with Gasteiger partial charge in [0.05, 0.1) is 11.0 Å². The van der Waals surface area contributed by atoms with Crippen LogP contribution < -0.4 is 5.32 Å². The molecular formula is C20H16F3N5OS. The molecule has 0 saturated carbocycles. The summed E-state index contributed by atoms with van der Waals surface area (Å²) in [6, 6.07) is 13.2.